The van der Waals surface area contributed by atoms with Crippen LogP contribution in [-0.4, -0.2) is 26.6 Å². The summed E-state index contributed by atoms with van der Waals surface area (Å²) in [7, 11) is 0. The Morgan fingerprint density at radius 2 is 0.868 bits per heavy atom. The Kier molecular flexibility index (Phi) is 8.98. The van der Waals surface area contributed by atoms with Crippen LogP contribution in [0.1, 0.15) is 20.7 Å². The molecule has 0 bridgehead atoms. The number of anilines is 6. The summed E-state index contributed by atoms with van der Waals surface area (Å²) < 4.78 is 0. The van der Waals surface area contributed by atoms with Crippen molar-refractivity contribution in [2.75, 3.05) is 21.3 Å². The quantitative estimate of drug-likeness (QED) is 0.0525. The van der Waals surface area contributed by atoms with Crippen LogP contribution in [-0.2, 0) is 0 Å². The van der Waals surface area contributed by atoms with E-state index in [1.54, 1.807) is 103 Å². The lowest BCUT2D eigenvalue weighted by Crippen LogP contribution is -2.14. The number of nitrogens with one attached hydrogen (secondary N) is 5. The van der Waals surface area contributed by atoms with E-state index < -0.39 is 15.8 Å². The van der Waals surface area contributed by atoms with Crippen molar-refractivity contribution in [2.45, 2.75) is 0 Å². The van der Waals surface area contributed by atoms with Crippen LogP contribution in [0.25, 0.3) is 21.8 Å². The first-order chi connectivity index (χ1) is 25.6. The fourth-order valence-electron chi connectivity index (χ4n) is 5.61. The molecule has 7 rings (SSSR count). The van der Waals surface area contributed by atoms with Gasteiger partial charge < -0.3 is 26.3 Å². The molecule has 0 aliphatic rings. The molecule has 0 fully saturated rings. The molecule has 6 aromatic carbocycles. The first-order valence-corrected chi connectivity index (χ1v) is 16.1. The van der Waals surface area contributed by atoms with Crippen molar-refractivity contribution < 1.29 is 19.4 Å². The van der Waals surface area contributed by atoms with E-state index in [0.29, 0.717) is 55.8 Å². The Morgan fingerprint density at radius 3 is 1.32 bits per heavy atom. The zero-order valence-electron chi connectivity index (χ0n) is 27.5. The van der Waals surface area contributed by atoms with Crippen LogP contribution in [0.4, 0.5) is 45.5 Å². The predicted molar refractivity (Wildman–Crippen MR) is 204 cm³/mol. The number of aromatic amines is 1. The first-order valence-electron chi connectivity index (χ1n) is 16.1. The largest absolute Gasteiger partial charge is 0.356 e. The number of nitro groups is 2. The van der Waals surface area contributed by atoms with Gasteiger partial charge in [-0.25, -0.2) is 0 Å². The monoisotopic (exact) mass is 705 g/mol. The lowest BCUT2D eigenvalue weighted by molar-refractivity contribution is -0.385. The topological polar surface area (TPSA) is 201 Å². The number of H-pyrrole nitrogens is 1. The maximum atomic E-state index is 13.5. The Labute approximate surface area is 299 Å². The van der Waals surface area contributed by atoms with Crippen molar-refractivity contribution in [2.24, 2.45) is 0 Å². The molecule has 7 aromatic rings. The number of benzene rings is 6. The second kappa shape index (κ2) is 14.2. The molecule has 0 atom stereocenters. The molecule has 5 N–H and O–H groups in total. The summed E-state index contributed by atoms with van der Waals surface area (Å²) in [5, 5.41) is 34.4. The molecule has 53 heavy (non-hydrogen) atoms. The highest BCUT2D eigenvalue weighted by molar-refractivity contribution is 6.08. The minimum Gasteiger partial charge on any atom is -0.356 e. The first kappa shape index (κ1) is 33.6. The van der Waals surface area contributed by atoms with Gasteiger partial charge in [0.05, 0.1) is 15.4 Å². The van der Waals surface area contributed by atoms with Crippen LogP contribution in [0.5, 0.6) is 0 Å². The minimum absolute atomic E-state index is 0.00637. The number of amides is 2. The fraction of sp³-hybridized carbons (Fsp3) is 0. The van der Waals surface area contributed by atoms with Crippen molar-refractivity contribution in [3.8, 4) is 0 Å². The third-order valence-corrected chi connectivity index (χ3v) is 8.34. The van der Waals surface area contributed by atoms with Gasteiger partial charge in [-0.2, -0.15) is 0 Å². The standard InChI is InChI=1S/C39H27N7O7/c47-37-33-19-1-24(39(49)43-30-9-5-26(6-10-30)41-28-13-17-32(18-14-28)46(52)53)22-36(33)44-35-20-2-23(21-34(35)37)38(48)42-29-7-3-25(4-8-29)40-27-11-15-31(16-12-27)45(50)51/h1-22,40-41H,(H,42,48)(H,43,49)(H,44,47). The Morgan fingerprint density at radius 1 is 0.472 bits per heavy atom. The maximum Gasteiger partial charge on any atom is 0.269 e. The average molecular weight is 706 g/mol. The molecule has 1 aromatic heterocycles. The van der Waals surface area contributed by atoms with Crippen LogP contribution in [0, 0.1) is 20.2 Å². The average Bonchev–Trinajstić information content (AvgIpc) is 3.16. The second-order valence-electron chi connectivity index (χ2n) is 11.9. The molecule has 0 saturated heterocycles. The molecule has 0 saturated carbocycles. The molecule has 0 unspecified atom stereocenters. The van der Waals surface area contributed by atoms with Gasteiger partial charge in [0.15, 0.2) is 5.43 Å². The number of fused-ring (bicyclic) bond motifs is 2. The van der Waals surface area contributed by atoms with E-state index in [9.17, 15) is 34.6 Å². The molecule has 2 amide bonds. The zero-order chi connectivity index (χ0) is 37.1. The number of carbonyl (C=O) groups is 2. The summed E-state index contributed by atoms with van der Waals surface area (Å²) in [6.07, 6.45) is 0. The van der Waals surface area contributed by atoms with E-state index in [-0.39, 0.29) is 28.3 Å². The number of aromatic nitrogens is 1. The normalized spacial score (nSPS) is 10.8. The summed E-state index contributed by atoms with van der Waals surface area (Å²) >= 11 is 0. The number of non-ortho nitro benzene ring substituents is 2. The van der Waals surface area contributed by atoms with Crippen molar-refractivity contribution in [1.29, 1.82) is 0 Å². The van der Waals surface area contributed by atoms with E-state index >= 15 is 0 Å². The van der Waals surface area contributed by atoms with Gasteiger partial charge in [0.25, 0.3) is 23.2 Å². The molecule has 0 aliphatic carbocycles. The SMILES string of the molecule is O=C(Nc1ccc(Nc2ccc([N+](=O)[O-])cc2)cc1)c1ccc2c(=O)c3cc(C(=O)Nc4ccc(Nc5ccc([N+](=O)[O-])cc5)cc4)ccc3[nH]c2c1. The van der Waals surface area contributed by atoms with E-state index in [4.69, 9.17) is 0 Å². The number of carbonyl (C=O) groups excluding carboxylic acids is 2. The van der Waals surface area contributed by atoms with Gasteiger partial charge in [-0.3, -0.25) is 34.6 Å². The Balaban J connectivity index is 1.01. The number of hydrogen-bond donors (Lipinski definition) is 5. The van der Waals surface area contributed by atoms with Gasteiger partial charge in [-0.1, -0.05) is 0 Å². The summed E-state index contributed by atoms with van der Waals surface area (Å²) in [5.74, 6) is -0.796. The van der Waals surface area contributed by atoms with Crippen molar-refractivity contribution in [3.63, 3.8) is 0 Å². The van der Waals surface area contributed by atoms with Crippen LogP contribution in [0.2, 0.25) is 0 Å². The molecule has 14 nitrogen and oxygen atoms in total. The van der Waals surface area contributed by atoms with Gasteiger partial charge in [0.2, 0.25) is 0 Å². The predicted octanol–water partition coefficient (Wildman–Crippen LogP) is 8.49. The fourth-order valence-corrected chi connectivity index (χ4v) is 5.61. The summed E-state index contributed by atoms with van der Waals surface area (Å²) in [5.41, 5.74) is 5.08. The van der Waals surface area contributed by atoms with E-state index in [0.717, 1.165) is 5.69 Å². The van der Waals surface area contributed by atoms with E-state index in [2.05, 4.69) is 26.3 Å². The highest BCUT2D eigenvalue weighted by atomic mass is 16.6. The maximum absolute atomic E-state index is 13.5. The molecule has 1 heterocycles. The van der Waals surface area contributed by atoms with Crippen molar-refractivity contribution in [1.82, 2.24) is 4.98 Å². The summed E-state index contributed by atoms with van der Waals surface area (Å²) in [4.78, 5) is 63.8. The number of pyridine rings is 1. The molecule has 260 valence electrons. The van der Waals surface area contributed by atoms with Gasteiger partial charge in [0, 0.05) is 85.8 Å². The van der Waals surface area contributed by atoms with Crippen molar-refractivity contribution in [3.05, 3.63) is 175 Å². The molecular weight excluding hydrogens is 678 g/mol. The number of nitrogens with zero attached hydrogens (tertiary/aromatic N) is 2. The molecule has 0 aliphatic heterocycles. The van der Waals surface area contributed by atoms with Crippen LogP contribution >= 0.6 is 0 Å². The Bertz CT molecular complexity index is 2610. The number of hydrogen-bond acceptors (Lipinski definition) is 9. The third kappa shape index (κ3) is 7.51. The third-order valence-electron chi connectivity index (χ3n) is 8.34. The van der Waals surface area contributed by atoms with Gasteiger partial charge in [-0.05, 0) is 109 Å². The van der Waals surface area contributed by atoms with Crippen molar-refractivity contribution >= 4 is 79.1 Å². The molecule has 0 radical (unpaired) electrons. The molecule has 14 heteroatoms. The molecular formula is C39H27N7O7. The number of rotatable bonds is 10. The highest BCUT2D eigenvalue weighted by Crippen LogP contribution is 2.25. The van der Waals surface area contributed by atoms with Crippen LogP contribution < -0.4 is 26.7 Å². The Hall–Kier alpha value is -7.87. The highest BCUT2D eigenvalue weighted by Gasteiger charge is 2.14. The van der Waals surface area contributed by atoms with Gasteiger partial charge in [0.1, 0.15) is 0 Å². The van der Waals surface area contributed by atoms with E-state index in [1.165, 1.54) is 30.3 Å². The smallest absolute Gasteiger partial charge is 0.269 e. The molecule has 0 spiro atoms. The van der Waals surface area contributed by atoms with Crippen LogP contribution in [0.3, 0.4) is 0 Å². The zero-order valence-corrected chi connectivity index (χ0v) is 27.5. The number of nitro benzene ring substituents is 2. The summed E-state index contributed by atoms with van der Waals surface area (Å²) in [6, 6.07) is 35.4. The summed E-state index contributed by atoms with van der Waals surface area (Å²) in [6.45, 7) is 0. The lowest BCUT2D eigenvalue weighted by Gasteiger charge is -2.10. The van der Waals surface area contributed by atoms with E-state index in [1.807, 2.05) is 0 Å². The van der Waals surface area contributed by atoms with Gasteiger partial charge >= 0.3 is 0 Å². The second-order valence-corrected chi connectivity index (χ2v) is 11.9. The van der Waals surface area contributed by atoms with Crippen LogP contribution in [0.15, 0.2) is 138 Å². The lowest BCUT2D eigenvalue weighted by atomic mass is 10.0. The van der Waals surface area contributed by atoms with Gasteiger partial charge in [-0.15, -0.1) is 0 Å². The minimum atomic E-state index is -0.467.